The maximum atomic E-state index is 14.4. The summed E-state index contributed by atoms with van der Waals surface area (Å²) in [5.41, 5.74) is 1.13. The van der Waals surface area contributed by atoms with E-state index in [0.29, 0.717) is 13.2 Å². The number of amides is 1. The van der Waals surface area contributed by atoms with Crippen molar-refractivity contribution in [3.05, 3.63) is 64.3 Å². The molecule has 4 rings (SSSR count). The van der Waals surface area contributed by atoms with Gasteiger partial charge in [-0.05, 0) is 25.1 Å². The van der Waals surface area contributed by atoms with Crippen molar-refractivity contribution in [3.8, 4) is 11.3 Å². The summed E-state index contributed by atoms with van der Waals surface area (Å²) in [6.07, 6.45) is 1.72. The topological polar surface area (TPSA) is 80.5 Å². The number of pyridine rings is 1. The Bertz CT molecular complexity index is 1050. The van der Waals surface area contributed by atoms with Crippen LogP contribution in [0.2, 0.25) is 5.02 Å². The normalized spacial score (nSPS) is 14.0. The Balaban J connectivity index is 1.58. The van der Waals surface area contributed by atoms with E-state index in [1.165, 1.54) is 18.2 Å². The second-order valence-corrected chi connectivity index (χ2v) is 7.23. The average molecular weight is 431 g/mol. The van der Waals surface area contributed by atoms with E-state index >= 15 is 0 Å². The number of hydrogen-bond acceptors (Lipinski definition) is 6. The molecule has 9 heteroatoms. The number of aryl methyl sites for hydroxylation is 1. The SMILES string of the molecule is Cc1onc(-c2c(F)cccc2Cl)c1C(=O)NCc1cccnc1N1CCOCC1. The van der Waals surface area contributed by atoms with Crippen LogP contribution in [0, 0.1) is 12.7 Å². The van der Waals surface area contributed by atoms with Gasteiger partial charge in [-0.15, -0.1) is 0 Å². The maximum Gasteiger partial charge on any atom is 0.257 e. The molecule has 1 fully saturated rings. The number of nitrogens with one attached hydrogen (secondary N) is 1. The fourth-order valence-electron chi connectivity index (χ4n) is 3.43. The molecule has 0 atom stereocenters. The van der Waals surface area contributed by atoms with Crippen LogP contribution in [0.3, 0.4) is 0 Å². The molecular formula is C21H20ClFN4O3. The monoisotopic (exact) mass is 430 g/mol. The Morgan fingerprint density at radius 2 is 2.07 bits per heavy atom. The van der Waals surface area contributed by atoms with Gasteiger partial charge in [0.25, 0.3) is 5.91 Å². The quantitative estimate of drug-likeness (QED) is 0.666. The Hall–Kier alpha value is -2.97. The van der Waals surface area contributed by atoms with Gasteiger partial charge in [0.05, 0.1) is 23.8 Å². The van der Waals surface area contributed by atoms with Gasteiger partial charge in [0, 0.05) is 31.4 Å². The highest BCUT2D eigenvalue weighted by Crippen LogP contribution is 2.33. The van der Waals surface area contributed by atoms with Gasteiger partial charge >= 0.3 is 0 Å². The lowest BCUT2D eigenvalue weighted by Crippen LogP contribution is -2.37. The highest BCUT2D eigenvalue weighted by Gasteiger charge is 2.25. The molecule has 1 aliphatic rings. The number of nitrogens with zero attached hydrogens (tertiary/aromatic N) is 3. The van der Waals surface area contributed by atoms with Crippen molar-refractivity contribution in [1.29, 1.82) is 0 Å². The van der Waals surface area contributed by atoms with E-state index in [1.807, 2.05) is 12.1 Å². The van der Waals surface area contributed by atoms with Crippen LogP contribution in [-0.4, -0.2) is 42.4 Å². The zero-order chi connectivity index (χ0) is 21.1. The molecule has 0 radical (unpaired) electrons. The fraction of sp³-hybridized carbons (Fsp3) is 0.286. The molecule has 0 spiro atoms. The highest BCUT2D eigenvalue weighted by atomic mass is 35.5. The number of rotatable bonds is 5. The van der Waals surface area contributed by atoms with E-state index in [9.17, 15) is 9.18 Å². The van der Waals surface area contributed by atoms with Crippen molar-refractivity contribution >= 4 is 23.3 Å². The van der Waals surface area contributed by atoms with Crippen LogP contribution in [0.1, 0.15) is 21.7 Å². The number of halogens is 2. The molecule has 3 heterocycles. The summed E-state index contributed by atoms with van der Waals surface area (Å²) in [5, 5.41) is 6.90. The summed E-state index contributed by atoms with van der Waals surface area (Å²) >= 11 is 6.15. The second-order valence-electron chi connectivity index (χ2n) is 6.83. The molecule has 0 saturated carbocycles. The third-order valence-electron chi connectivity index (χ3n) is 4.91. The molecule has 0 bridgehead atoms. The van der Waals surface area contributed by atoms with E-state index in [1.54, 1.807) is 13.1 Å². The summed E-state index contributed by atoms with van der Waals surface area (Å²) in [6.45, 7) is 4.58. The molecule has 0 unspecified atom stereocenters. The van der Waals surface area contributed by atoms with Gasteiger partial charge in [-0.2, -0.15) is 0 Å². The molecule has 1 N–H and O–H groups in total. The largest absolute Gasteiger partial charge is 0.378 e. The minimum Gasteiger partial charge on any atom is -0.378 e. The van der Waals surface area contributed by atoms with Crippen LogP contribution < -0.4 is 10.2 Å². The van der Waals surface area contributed by atoms with Gasteiger partial charge in [-0.1, -0.05) is 28.9 Å². The number of benzene rings is 1. The van der Waals surface area contributed by atoms with Gasteiger partial charge in [-0.3, -0.25) is 4.79 Å². The van der Waals surface area contributed by atoms with Crippen molar-refractivity contribution in [2.24, 2.45) is 0 Å². The van der Waals surface area contributed by atoms with Crippen LogP contribution >= 0.6 is 11.6 Å². The minimum absolute atomic E-state index is 0.0385. The van der Waals surface area contributed by atoms with Crippen molar-refractivity contribution in [2.45, 2.75) is 13.5 Å². The zero-order valence-electron chi connectivity index (χ0n) is 16.3. The smallest absolute Gasteiger partial charge is 0.257 e. The van der Waals surface area contributed by atoms with Crippen LogP contribution in [0.5, 0.6) is 0 Å². The van der Waals surface area contributed by atoms with Crippen LogP contribution in [0.4, 0.5) is 10.2 Å². The number of ether oxygens (including phenoxy) is 1. The Morgan fingerprint density at radius 3 is 2.83 bits per heavy atom. The Morgan fingerprint density at radius 1 is 1.27 bits per heavy atom. The van der Waals surface area contributed by atoms with E-state index in [0.717, 1.165) is 24.5 Å². The fourth-order valence-corrected chi connectivity index (χ4v) is 3.68. The molecule has 0 aliphatic carbocycles. The molecule has 2 aromatic heterocycles. The van der Waals surface area contributed by atoms with E-state index in [2.05, 4.69) is 20.4 Å². The van der Waals surface area contributed by atoms with Gasteiger partial charge in [0.15, 0.2) is 0 Å². The predicted molar refractivity (Wildman–Crippen MR) is 110 cm³/mol. The maximum absolute atomic E-state index is 14.4. The van der Waals surface area contributed by atoms with E-state index in [4.69, 9.17) is 20.9 Å². The summed E-state index contributed by atoms with van der Waals surface area (Å²) < 4.78 is 25.0. The average Bonchev–Trinajstić information content (AvgIpc) is 3.14. The first-order valence-corrected chi connectivity index (χ1v) is 9.89. The molecule has 156 valence electrons. The number of aromatic nitrogens is 2. The Labute approximate surface area is 177 Å². The molecule has 1 aromatic carbocycles. The first-order valence-electron chi connectivity index (χ1n) is 9.51. The number of carbonyl (C=O) groups is 1. The third kappa shape index (κ3) is 4.01. The van der Waals surface area contributed by atoms with Gasteiger partial charge in [0.2, 0.25) is 0 Å². The molecule has 1 saturated heterocycles. The minimum atomic E-state index is -0.577. The molecular weight excluding hydrogens is 411 g/mol. The summed E-state index contributed by atoms with van der Waals surface area (Å²) in [6, 6.07) is 8.02. The number of morpholine rings is 1. The van der Waals surface area contributed by atoms with Crippen LogP contribution in [-0.2, 0) is 11.3 Å². The molecule has 1 aliphatic heterocycles. The lowest BCUT2D eigenvalue weighted by molar-refractivity contribution is 0.0949. The summed E-state index contributed by atoms with van der Waals surface area (Å²) in [5.74, 6) is 0.0773. The van der Waals surface area contributed by atoms with Crippen molar-refractivity contribution in [1.82, 2.24) is 15.5 Å². The highest BCUT2D eigenvalue weighted by molar-refractivity contribution is 6.33. The first-order chi connectivity index (χ1) is 14.6. The number of anilines is 1. The lowest BCUT2D eigenvalue weighted by Gasteiger charge is -2.29. The van der Waals surface area contributed by atoms with E-state index in [-0.39, 0.29) is 34.1 Å². The summed E-state index contributed by atoms with van der Waals surface area (Å²) in [7, 11) is 0. The van der Waals surface area contributed by atoms with Crippen molar-refractivity contribution in [3.63, 3.8) is 0 Å². The van der Waals surface area contributed by atoms with Gasteiger partial charge < -0.3 is 19.5 Å². The first kappa shape index (κ1) is 20.3. The van der Waals surface area contributed by atoms with Gasteiger partial charge in [-0.25, -0.2) is 9.37 Å². The van der Waals surface area contributed by atoms with Crippen molar-refractivity contribution < 1.29 is 18.4 Å². The number of carbonyl (C=O) groups excluding carboxylic acids is 1. The van der Waals surface area contributed by atoms with Crippen LogP contribution in [0.25, 0.3) is 11.3 Å². The molecule has 30 heavy (non-hydrogen) atoms. The van der Waals surface area contributed by atoms with Crippen molar-refractivity contribution in [2.75, 3.05) is 31.2 Å². The lowest BCUT2D eigenvalue weighted by atomic mass is 10.0. The summed E-state index contributed by atoms with van der Waals surface area (Å²) in [4.78, 5) is 19.6. The second kappa shape index (κ2) is 8.81. The zero-order valence-corrected chi connectivity index (χ0v) is 17.1. The standard InChI is InChI=1S/C21H20ClFN4O3/c1-13-17(19(26-30-13)18-15(22)5-2-6-16(18)23)21(28)25-12-14-4-3-7-24-20(14)27-8-10-29-11-9-27/h2-7H,8-12H2,1H3,(H,25,28). The molecule has 3 aromatic rings. The number of hydrogen-bond donors (Lipinski definition) is 1. The predicted octanol–water partition coefficient (Wildman–Crippen LogP) is 3.60. The molecule has 1 amide bonds. The third-order valence-corrected chi connectivity index (χ3v) is 5.22. The van der Waals surface area contributed by atoms with Crippen LogP contribution in [0.15, 0.2) is 41.1 Å². The van der Waals surface area contributed by atoms with E-state index < -0.39 is 11.7 Å². The Kier molecular flexibility index (Phi) is 5.96. The van der Waals surface area contributed by atoms with Gasteiger partial charge in [0.1, 0.15) is 28.7 Å². The molecule has 7 nitrogen and oxygen atoms in total.